The van der Waals surface area contributed by atoms with Crippen LogP contribution in [0.15, 0.2) is 33.3 Å². The predicted octanol–water partition coefficient (Wildman–Crippen LogP) is 2.35. The first-order valence-corrected chi connectivity index (χ1v) is 6.52. The Kier molecular flexibility index (Phi) is 3.74. The zero-order valence-corrected chi connectivity index (χ0v) is 11.0. The molecule has 0 heterocycles. The Labute approximate surface area is 119 Å². The van der Waals surface area contributed by atoms with Gasteiger partial charge in [0, 0.05) is 27.4 Å². The van der Waals surface area contributed by atoms with Crippen LogP contribution in [0.5, 0.6) is 0 Å². The molecular formula is C10H6N6O4S. The van der Waals surface area contributed by atoms with Crippen LogP contribution in [0, 0.1) is 0 Å². The standard InChI is InChI=1S/C10H6N6O4S/c11-15-13-10(14-16-12)4-6(17)8-5(9(10)18)2-1-3-7(8)21(19)20/h1-3H,4H2,(H,19,20). The second kappa shape index (κ2) is 5.35. The van der Waals surface area contributed by atoms with Gasteiger partial charge in [-0.15, -0.1) is 0 Å². The van der Waals surface area contributed by atoms with Crippen molar-refractivity contribution in [3.8, 4) is 0 Å². The normalized spacial score (nSPS) is 21.8. The summed E-state index contributed by atoms with van der Waals surface area (Å²) in [7, 11) is 0. The first kappa shape index (κ1) is 14.7. The summed E-state index contributed by atoms with van der Waals surface area (Å²) in [4.78, 5) is 29.2. The fourth-order valence-corrected chi connectivity index (χ4v) is 2.68. The molecule has 1 N–H and O–H groups in total. The number of benzene rings is 1. The van der Waals surface area contributed by atoms with Gasteiger partial charge in [0.1, 0.15) is 0 Å². The van der Waals surface area contributed by atoms with Gasteiger partial charge in [-0.1, -0.05) is 22.4 Å². The van der Waals surface area contributed by atoms with Crippen molar-refractivity contribution < 1.29 is 18.4 Å². The lowest BCUT2D eigenvalue weighted by atomic mass is 9.82. The second-order valence-electron chi connectivity index (χ2n) is 4.05. The highest BCUT2D eigenvalue weighted by Crippen LogP contribution is 2.35. The van der Waals surface area contributed by atoms with Gasteiger partial charge in [0.25, 0.3) is 0 Å². The molecule has 1 aromatic rings. The van der Waals surface area contributed by atoms with E-state index < -0.39 is 34.7 Å². The van der Waals surface area contributed by atoms with Crippen LogP contribution in [0.1, 0.15) is 27.1 Å². The van der Waals surface area contributed by atoms with Crippen LogP contribution in [0.2, 0.25) is 0 Å². The zero-order valence-electron chi connectivity index (χ0n) is 10.2. The highest BCUT2D eigenvalue weighted by Gasteiger charge is 2.46. The van der Waals surface area contributed by atoms with Gasteiger partial charge in [0.15, 0.2) is 28.3 Å². The minimum Gasteiger partial charge on any atom is -0.302 e. The lowest BCUT2D eigenvalue weighted by Crippen LogP contribution is -2.41. The number of Topliss-reactive ketones (excluding diaryl/α,β-unsaturated/α-hetero) is 2. The summed E-state index contributed by atoms with van der Waals surface area (Å²) < 4.78 is 20.4. The summed E-state index contributed by atoms with van der Waals surface area (Å²) in [5.74, 6) is -1.61. The Hall–Kier alpha value is -2.71. The van der Waals surface area contributed by atoms with E-state index >= 15 is 0 Å². The number of hydrogen-bond acceptors (Lipinski definition) is 5. The number of ketones is 2. The van der Waals surface area contributed by atoms with Gasteiger partial charge in [0.05, 0.1) is 4.90 Å². The van der Waals surface area contributed by atoms with E-state index in [1.54, 1.807) is 0 Å². The highest BCUT2D eigenvalue weighted by atomic mass is 32.2. The molecule has 0 aromatic heterocycles. The third-order valence-electron chi connectivity index (χ3n) is 2.93. The molecule has 106 valence electrons. The monoisotopic (exact) mass is 306 g/mol. The van der Waals surface area contributed by atoms with Crippen LogP contribution in [0.3, 0.4) is 0 Å². The average molecular weight is 306 g/mol. The van der Waals surface area contributed by atoms with E-state index in [-0.39, 0.29) is 16.0 Å². The molecule has 10 nitrogen and oxygen atoms in total. The number of carbonyl (C=O) groups is 2. The third kappa shape index (κ3) is 2.26. The molecule has 2 rings (SSSR count). The molecule has 1 aliphatic rings. The van der Waals surface area contributed by atoms with Gasteiger partial charge in [0.2, 0.25) is 0 Å². The van der Waals surface area contributed by atoms with Gasteiger partial charge >= 0.3 is 0 Å². The van der Waals surface area contributed by atoms with Gasteiger partial charge in [-0.05, 0) is 17.1 Å². The smallest absolute Gasteiger partial charge is 0.197 e. The summed E-state index contributed by atoms with van der Waals surface area (Å²) in [6.07, 6.45) is -0.693. The topological polar surface area (TPSA) is 169 Å². The summed E-state index contributed by atoms with van der Waals surface area (Å²) in [5, 5.41) is 6.32. The largest absolute Gasteiger partial charge is 0.302 e. The molecular weight excluding hydrogens is 300 g/mol. The van der Waals surface area contributed by atoms with E-state index in [1.807, 2.05) is 0 Å². The Morgan fingerprint density at radius 1 is 1.24 bits per heavy atom. The van der Waals surface area contributed by atoms with Gasteiger partial charge in [-0.2, -0.15) is 0 Å². The van der Waals surface area contributed by atoms with Crippen LogP contribution in [-0.4, -0.2) is 26.0 Å². The van der Waals surface area contributed by atoms with E-state index in [1.165, 1.54) is 18.2 Å². The Bertz CT molecular complexity index is 760. The maximum Gasteiger partial charge on any atom is 0.197 e. The fraction of sp³-hybridized carbons (Fsp3) is 0.200. The molecule has 1 aliphatic carbocycles. The first-order chi connectivity index (χ1) is 9.96. The Morgan fingerprint density at radius 2 is 1.86 bits per heavy atom. The highest BCUT2D eigenvalue weighted by molar-refractivity contribution is 7.79. The molecule has 1 unspecified atom stereocenters. The molecule has 11 heteroatoms. The van der Waals surface area contributed by atoms with Gasteiger partial charge in [-0.25, -0.2) is 4.21 Å². The molecule has 0 fully saturated rings. The van der Waals surface area contributed by atoms with Crippen LogP contribution in [0.25, 0.3) is 20.9 Å². The lowest BCUT2D eigenvalue weighted by Gasteiger charge is -2.27. The average Bonchev–Trinajstić information content (AvgIpc) is 2.44. The van der Waals surface area contributed by atoms with E-state index in [0.717, 1.165) is 0 Å². The van der Waals surface area contributed by atoms with Crippen LogP contribution in [-0.2, 0) is 11.1 Å². The molecule has 1 atom stereocenters. The number of nitrogens with zero attached hydrogens (tertiary/aromatic N) is 6. The summed E-state index contributed by atoms with van der Waals surface area (Å²) in [5.41, 5.74) is 14.4. The van der Waals surface area contributed by atoms with E-state index in [4.69, 9.17) is 15.6 Å². The Balaban J connectivity index is 2.78. The minimum atomic E-state index is -2.47. The Morgan fingerprint density at radius 3 is 2.38 bits per heavy atom. The van der Waals surface area contributed by atoms with Crippen molar-refractivity contribution in [3.63, 3.8) is 0 Å². The molecule has 0 aliphatic heterocycles. The van der Waals surface area contributed by atoms with Crippen LogP contribution >= 0.6 is 0 Å². The zero-order chi connectivity index (χ0) is 15.6. The van der Waals surface area contributed by atoms with E-state index in [9.17, 15) is 13.8 Å². The van der Waals surface area contributed by atoms with Crippen molar-refractivity contribution in [2.45, 2.75) is 17.0 Å². The SMILES string of the molecule is [N-]=[N+]=NC1(N=[N+]=[N-])CC(=O)c2c(cccc2S(=O)O)C1=O. The van der Waals surface area contributed by atoms with Crippen molar-refractivity contribution in [2.75, 3.05) is 0 Å². The van der Waals surface area contributed by atoms with Crippen molar-refractivity contribution >= 4 is 22.6 Å². The maximum absolute atomic E-state index is 12.4. The second-order valence-corrected chi connectivity index (χ2v) is 4.99. The summed E-state index contributed by atoms with van der Waals surface area (Å²) >= 11 is -2.47. The van der Waals surface area contributed by atoms with Crippen molar-refractivity contribution in [1.82, 2.24) is 0 Å². The molecule has 0 saturated heterocycles. The molecule has 0 spiro atoms. The van der Waals surface area contributed by atoms with Crippen LogP contribution < -0.4 is 0 Å². The van der Waals surface area contributed by atoms with Crippen molar-refractivity contribution in [1.29, 1.82) is 0 Å². The molecule has 21 heavy (non-hydrogen) atoms. The third-order valence-corrected chi connectivity index (χ3v) is 3.65. The van der Waals surface area contributed by atoms with Gasteiger partial charge < -0.3 is 4.55 Å². The maximum atomic E-state index is 12.4. The van der Waals surface area contributed by atoms with Gasteiger partial charge in [-0.3, -0.25) is 9.59 Å². The fourth-order valence-electron chi connectivity index (χ4n) is 2.09. The van der Waals surface area contributed by atoms with E-state index in [2.05, 4.69) is 20.1 Å². The molecule has 0 amide bonds. The molecule has 0 saturated carbocycles. The minimum absolute atomic E-state index is 0.217. The molecule has 0 bridgehead atoms. The molecule has 0 radical (unpaired) electrons. The summed E-state index contributed by atoms with van der Waals surface area (Å²) in [6, 6.07) is 3.77. The summed E-state index contributed by atoms with van der Waals surface area (Å²) in [6.45, 7) is 0. The first-order valence-electron chi connectivity index (χ1n) is 5.41. The van der Waals surface area contributed by atoms with Crippen molar-refractivity contribution in [2.24, 2.45) is 10.2 Å². The lowest BCUT2D eigenvalue weighted by molar-refractivity contribution is 0.0793. The number of rotatable bonds is 3. The number of azide groups is 1. The quantitative estimate of drug-likeness (QED) is 0.391. The van der Waals surface area contributed by atoms with Crippen LogP contribution in [0.4, 0.5) is 0 Å². The number of fused-ring (bicyclic) bond motifs is 1. The number of carbonyl (C=O) groups excluding carboxylic acids is 2. The van der Waals surface area contributed by atoms with E-state index in [0.29, 0.717) is 0 Å². The van der Waals surface area contributed by atoms with Crippen molar-refractivity contribution in [3.05, 3.63) is 50.2 Å². The predicted molar refractivity (Wildman–Crippen MR) is 69.8 cm³/mol. The molecule has 1 aromatic carbocycles. The number of hydrogen-bond donors (Lipinski definition) is 1.